The topological polar surface area (TPSA) is 80.6 Å². The van der Waals surface area contributed by atoms with E-state index in [2.05, 4.69) is 16.7 Å². The van der Waals surface area contributed by atoms with Crippen molar-refractivity contribution in [2.75, 3.05) is 20.2 Å². The van der Waals surface area contributed by atoms with Gasteiger partial charge in [0.1, 0.15) is 17.4 Å². The second kappa shape index (κ2) is 9.37. The van der Waals surface area contributed by atoms with Crippen molar-refractivity contribution in [1.29, 1.82) is 0 Å². The lowest BCUT2D eigenvalue weighted by atomic mass is 9.97. The number of hydrogen-bond acceptors (Lipinski definition) is 4. The van der Waals surface area contributed by atoms with Crippen molar-refractivity contribution >= 4 is 22.8 Å². The number of carbonyl (C=O) groups excluding carboxylic acids is 2. The van der Waals surface area contributed by atoms with E-state index >= 15 is 0 Å². The fraction of sp³-hybridized carbons (Fsp3) is 0.429. The summed E-state index contributed by atoms with van der Waals surface area (Å²) >= 11 is 0. The van der Waals surface area contributed by atoms with Crippen molar-refractivity contribution in [3.05, 3.63) is 47.7 Å². The lowest BCUT2D eigenvalue weighted by molar-refractivity contribution is -0.139. The smallest absolute Gasteiger partial charge is 0.309 e. The predicted molar refractivity (Wildman–Crippen MR) is 103 cm³/mol. The number of para-hydroxylation sites is 1. The number of rotatable bonds is 7. The summed E-state index contributed by atoms with van der Waals surface area (Å²) in [5.74, 6) is -0.666. The first kappa shape index (κ1) is 19.2. The number of furan rings is 1. The largest absolute Gasteiger partial charge is 0.458 e. The Kier molecular flexibility index (Phi) is 6.65. The van der Waals surface area contributed by atoms with Crippen LogP contribution in [-0.2, 0) is 14.3 Å². The minimum atomic E-state index is -0.661. The molecule has 1 aromatic heterocycles. The molecule has 0 bridgehead atoms. The average Bonchev–Trinajstić information content (AvgIpc) is 3.13. The quantitative estimate of drug-likeness (QED) is 0.579. The van der Waals surface area contributed by atoms with E-state index in [1.165, 1.54) is 18.4 Å². The van der Waals surface area contributed by atoms with Crippen LogP contribution in [0.5, 0.6) is 0 Å². The molecule has 1 heterocycles. The van der Waals surface area contributed by atoms with Gasteiger partial charge in [0.2, 0.25) is 0 Å². The van der Waals surface area contributed by atoms with Gasteiger partial charge in [-0.05, 0) is 44.2 Å². The minimum Gasteiger partial charge on any atom is -0.458 e. The van der Waals surface area contributed by atoms with Crippen LogP contribution >= 0.6 is 0 Å². The van der Waals surface area contributed by atoms with Crippen molar-refractivity contribution in [2.45, 2.75) is 38.2 Å². The molecule has 144 valence electrons. The van der Waals surface area contributed by atoms with E-state index in [1.807, 2.05) is 30.3 Å². The van der Waals surface area contributed by atoms with Gasteiger partial charge in [0.25, 0.3) is 0 Å². The number of fused-ring (bicyclic) bond motifs is 1. The Hall–Kier alpha value is -2.60. The molecule has 0 unspecified atom stereocenters. The van der Waals surface area contributed by atoms with Gasteiger partial charge in [0, 0.05) is 19.0 Å². The number of carbonyl (C=O) groups is 2. The number of hydrogen-bond donors (Lipinski definition) is 2. The zero-order valence-corrected chi connectivity index (χ0v) is 15.6. The highest BCUT2D eigenvalue weighted by Gasteiger charge is 2.19. The maximum absolute atomic E-state index is 12.0. The molecule has 1 aliphatic carbocycles. The number of ether oxygens (including phenoxy) is 1. The number of benzene rings is 1. The van der Waals surface area contributed by atoms with Gasteiger partial charge in [-0.3, -0.25) is 9.59 Å². The molecule has 0 saturated carbocycles. The number of methoxy groups -OCH3 is 1. The van der Waals surface area contributed by atoms with E-state index in [9.17, 15) is 9.59 Å². The van der Waals surface area contributed by atoms with Gasteiger partial charge in [0.15, 0.2) is 0 Å². The van der Waals surface area contributed by atoms with Crippen LogP contribution in [0.3, 0.4) is 0 Å². The van der Waals surface area contributed by atoms with Crippen LogP contribution in [0.4, 0.5) is 0 Å². The third-order valence-corrected chi connectivity index (χ3v) is 4.82. The molecule has 0 fully saturated rings. The lowest BCUT2D eigenvalue weighted by Gasteiger charge is -2.14. The molecule has 6 nitrogen and oxygen atoms in total. The molecular weight excluding hydrogens is 344 g/mol. The Morgan fingerprint density at radius 3 is 2.74 bits per heavy atom. The molecular formula is C21H26N2O4. The van der Waals surface area contributed by atoms with Gasteiger partial charge in [-0.25, -0.2) is 0 Å². The third kappa shape index (κ3) is 5.20. The van der Waals surface area contributed by atoms with Crippen molar-refractivity contribution < 1.29 is 18.7 Å². The van der Waals surface area contributed by atoms with Crippen molar-refractivity contribution in [1.82, 2.24) is 10.6 Å². The van der Waals surface area contributed by atoms with Gasteiger partial charge >= 0.3 is 11.8 Å². The summed E-state index contributed by atoms with van der Waals surface area (Å²) in [4.78, 5) is 24.0. The zero-order valence-electron chi connectivity index (χ0n) is 15.6. The Balaban J connectivity index is 1.46. The third-order valence-electron chi connectivity index (χ3n) is 4.82. The Bertz CT molecular complexity index is 791. The molecule has 2 amide bonds. The Morgan fingerprint density at radius 1 is 1.19 bits per heavy atom. The van der Waals surface area contributed by atoms with Crippen LogP contribution in [0.15, 0.2) is 46.4 Å². The highest BCUT2D eigenvalue weighted by atomic mass is 16.5. The fourth-order valence-corrected chi connectivity index (χ4v) is 3.28. The van der Waals surface area contributed by atoms with Gasteiger partial charge in [-0.15, -0.1) is 0 Å². The molecule has 27 heavy (non-hydrogen) atoms. The van der Waals surface area contributed by atoms with E-state index in [0.717, 1.165) is 30.2 Å². The number of nitrogens with one attached hydrogen (secondary N) is 2. The van der Waals surface area contributed by atoms with E-state index in [4.69, 9.17) is 9.15 Å². The van der Waals surface area contributed by atoms with Crippen molar-refractivity contribution in [2.24, 2.45) is 0 Å². The maximum atomic E-state index is 12.0. The molecule has 3 rings (SSSR count). The summed E-state index contributed by atoms with van der Waals surface area (Å²) in [7, 11) is 1.54. The number of amides is 2. The molecule has 0 radical (unpaired) electrons. The molecule has 2 N–H and O–H groups in total. The summed E-state index contributed by atoms with van der Waals surface area (Å²) < 4.78 is 11.2. The van der Waals surface area contributed by atoms with Crippen LogP contribution in [0.1, 0.15) is 44.0 Å². The molecule has 1 atom stereocenters. The zero-order chi connectivity index (χ0) is 19.1. The van der Waals surface area contributed by atoms with E-state index < -0.39 is 17.9 Å². The highest BCUT2D eigenvalue weighted by Crippen LogP contribution is 2.25. The SMILES string of the molecule is CO[C@@H](CNC(=O)C(=O)NCCC1=CCCCC1)c1cc2ccccc2o1. The lowest BCUT2D eigenvalue weighted by Crippen LogP contribution is -2.41. The first-order chi connectivity index (χ1) is 13.2. The van der Waals surface area contributed by atoms with Crippen molar-refractivity contribution in [3.8, 4) is 0 Å². The van der Waals surface area contributed by atoms with Gasteiger partial charge < -0.3 is 19.8 Å². The molecule has 1 aromatic carbocycles. The molecule has 1 aliphatic rings. The van der Waals surface area contributed by atoms with E-state index in [1.54, 1.807) is 7.11 Å². The first-order valence-electron chi connectivity index (χ1n) is 9.42. The summed E-state index contributed by atoms with van der Waals surface area (Å²) in [5, 5.41) is 6.26. The standard InChI is InChI=1S/C21H26N2O4/c1-26-19(18-13-16-9-5-6-10-17(16)27-18)14-23-21(25)20(24)22-12-11-15-7-3-2-4-8-15/h5-7,9-10,13,19H,2-4,8,11-12,14H2,1H3,(H,22,24)(H,23,25)/t19-/m0/s1. The summed E-state index contributed by atoms with van der Waals surface area (Å²) in [6.07, 6.45) is 7.25. The predicted octanol–water partition coefficient (Wildman–Crippen LogP) is 3.24. The average molecular weight is 370 g/mol. The van der Waals surface area contributed by atoms with Crippen LogP contribution in [0.2, 0.25) is 0 Å². The van der Waals surface area contributed by atoms with E-state index in [0.29, 0.717) is 12.3 Å². The monoisotopic (exact) mass is 370 g/mol. The maximum Gasteiger partial charge on any atom is 0.309 e. The minimum absolute atomic E-state index is 0.160. The fourth-order valence-electron chi connectivity index (χ4n) is 3.28. The normalized spacial score (nSPS) is 15.2. The van der Waals surface area contributed by atoms with Gasteiger partial charge in [-0.1, -0.05) is 29.8 Å². The van der Waals surface area contributed by atoms with Crippen LogP contribution in [0.25, 0.3) is 11.0 Å². The summed E-state index contributed by atoms with van der Waals surface area (Å²) in [6, 6.07) is 9.53. The second-order valence-corrected chi connectivity index (χ2v) is 6.74. The van der Waals surface area contributed by atoms with Crippen LogP contribution < -0.4 is 10.6 Å². The first-order valence-corrected chi connectivity index (χ1v) is 9.42. The molecule has 6 heteroatoms. The second-order valence-electron chi connectivity index (χ2n) is 6.74. The summed E-state index contributed by atoms with van der Waals surface area (Å²) in [6.45, 7) is 0.642. The molecule has 0 spiro atoms. The number of allylic oxidation sites excluding steroid dienone is 1. The van der Waals surface area contributed by atoms with Crippen LogP contribution in [0, 0.1) is 0 Å². The van der Waals surface area contributed by atoms with Gasteiger partial charge in [0.05, 0.1) is 6.54 Å². The van der Waals surface area contributed by atoms with Crippen molar-refractivity contribution in [3.63, 3.8) is 0 Å². The Morgan fingerprint density at radius 2 is 2.00 bits per heavy atom. The van der Waals surface area contributed by atoms with Gasteiger partial charge in [-0.2, -0.15) is 0 Å². The highest BCUT2D eigenvalue weighted by molar-refractivity contribution is 6.35. The van der Waals surface area contributed by atoms with E-state index in [-0.39, 0.29) is 6.54 Å². The molecule has 0 aliphatic heterocycles. The molecule has 2 aromatic rings. The molecule has 0 saturated heterocycles. The van der Waals surface area contributed by atoms with Crippen LogP contribution in [-0.4, -0.2) is 32.0 Å². The Labute approximate surface area is 158 Å². The summed E-state index contributed by atoms with van der Waals surface area (Å²) in [5.41, 5.74) is 2.13.